The number of primary sulfonamides is 1. The van der Waals surface area contributed by atoms with Crippen LogP contribution < -0.4 is 4.72 Å². The van der Waals surface area contributed by atoms with Gasteiger partial charge in [-0.1, -0.05) is 35.9 Å². The molecule has 126 valence electrons. The van der Waals surface area contributed by atoms with E-state index in [1.54, 1.807) is 25.1 Å². The zero-order valence-electron chi connectivity index (χ0n) is 13.6. The highest BCUT2D eigenvalue weighted by molar-refractivity contribution is 7.84. The molecule has 0 saturated heterocycles. The number of quaternary nitrogens is 1. The lowest BCUT2D eigenvalue weighted by atomic mass is 10.1. The average molecular weight is 364 g/mol. The van der Waals surface area contributed by atoms with Crippen LogP contribution in [0, 0.1) is 6.92 Å². The van der Waals surface area contributed by atoms with Gasteiger partial charge in [-0.2, -0.15) is 8.42 Å². The van der Waals surface area contributed by atoms with Crippen molar-refractivity contribution in [3.8, 4) is 0 Å². The van der Waals surface area contributed by atoms with Gasteiger partial charge in [0.05, 0.1) is 0 Å². The smallest absolute Gasteiger partial charge is 0.324 e. The summed E-state index contributed by atoms with van der Waals surface area (Å²) in [7, 11) is -3.49. The molecule has 1 unspecified atom stereocenters. The Hall–Kier alpha value is -1.82. The van der Waals surface area contributed by atoms with Crippen molar-refractivity contribution in [1.82, 2.24) is 4.98 Å². The molecule has 4 nitrogen and oxygen atoms in total. The van der Waals surface area contributed by atoms with E-state index < -0.39 is 10.0 Å². The van der Waals surface area contributed by atoms with E-state index in [0.717, 1.165) is 16.5 Å². The van der Waals surface area contributed by atoms with Crippen molar-refractivity contribution >= 4 is 32.5 Å². The Kier molecular flexibility index (Phi) is 4.67. The highest BCUT2D eigenvalue weighted by Gasteiger charge is 2.25. The van der Waals surface area contributed by atoms with E-state index in [4.69, 9.17) is 11.6 Å². The molecule has 24 heavy (non-hydrogen) atoms. The second kappa shape index (κ2) is 6.59. The first-order valence-corrected chi connectivity index (χ1v) is 9.71. The topological polar surface area (TPSA) is 66.5 Å². The van der Waals surface area contributed by atoms with Crippen LogP contribution in [0.1, 0.15) is 18.1 Å². The molecule has 6 heteroatoms. The molecule has 0 aliphatic rings. The van der Waals surface area contributed by atoms with Crippen LogP contribution in [0.4, 0.5) is 0 Å². The SMILES string of the molecule is Cc1c(Cl)cccc1S(=O)(=O)[NH2+]C(C)Cc1c[nH]c2ccccc12. The van der Waals surface area contributed by atoms with E-state index >= 15 is 0 Å². The number of H-pyrrole nitrogens is 1. The molecule has 0 radical (unpaired) electrons. The zero-order valence-corrected chi connectivity index (χ0v) is 15.2. The average Bonchev–Trinajstić information content (AvgIpc) is 2.92. The fraction of sp³-hybridized carbons (Fsp3) is 0.222. The molecule has 0 aliphatic heterocycles. The highest BCUT2D eigenvalue weighted by atomic mass is 35.5. The van der Waals surface area contributed by atoms with Crippen molar-refractivity contribution < 1.29 is 13.1 Å². The van der Waals surface area contributed by atoms with Crippen LogP contribution in [0.3, 0.4) is 0 Å². The van der Waals surface area contributed by atoms with Crippen LogP contribution in [-0.2, 0) is 16.4 Å². The summed E-state index contributed by atoms with van der Waals surface area (Å²) in [6, 6.07) is 12.9. The number of aromatic nitrogens is 1. The van der Waals surface area contributed by atoms with Gasteiger partial charge < -0.3 is 4.98 Å². The van der Waals surface area contributed by atoms with Crippen LogP contribution in [0.15, 0.2) is 53.6 Å². The first-order chi connectivity index (χ1) is 11.4. The van der Waals surface area contributed by atoms with Gasteiger partial charge in [0.1, 0.15) is 10.9 Å². The van der Waals surface area contributed by atoms with Crippen molar-refractivity contribution in [1.29, 1.82) is 0 Å². The third-order valence-corrected chi connectivity index (χ3v) is 6.44. The third kappa shape index (κ3) is 3.34. The molecular formula is C18H20ClN2O2S+. The lowest BCUT2D eigenvalue weighted by molar-refractivity contribution is -0.535. The number of nitrogens with one attached hydrogen (secondary N) is 1. The molecule has 2 aromatic carbocycles. The van der Waals surface area contributed by atoms with Crippen LogP contribution in [0.2, 0.25) is 5.02 Å². The van der Waals surface area contributed by atoms with Gasteiger partial charge in [-0.15, -0.1) is 0 Å². The lowest BCUT2D eigenvalue weighted by Crippen LogP contribution is -2.92. The number of halogens is 1. The maximum Gasteiger partial charge on any atom is 0.324 e. The van der Waals surface area contributed by atoms with Gasteiger partial charge in [0, 0.05) is 28.5 Å². The number of rotatable bonds is 5. The first kappa shape index (κ1) is 17.0. The minimum atomic E-state index is -3.49. The lowest BCUT2D eigenvalue weighted by Gasteiger charge is -2.12. The van der Waals surface area contributed by atoms with E-state index in [1.165, 1.54) is 4.72 Å². The number of para-hydroxylation sites is 1. The summed E-state index contributed by atoms with van der Waals surface area (Å²) in [6.45, 7) is 3.65. The van der Waals surface area contributed by atoms with Gasteiger partial charge in [-0.3, -0.25) is 0 Å². The molecule has 0 fully saturated rings. The van der Waals surface area contributed by atoms with Crippen LogP contribution in [0.25, 0.3) is 10.9 Å². The van der Waals surface area contributed by atoms with Gasteiger partial charge in [0.25, 0.3) is 0 Å². The quantitative estimate of drug-likeness (QED) is 0.731. The van der Waals surface area contributed by atoms with Crippen molar-refractivity contribution in [2.24, 2.45) is 0 Å². The highest BCUT2D eigenvalue weighted by Crippen LogP contribution is 2.22. The van der Waals surface area contributed by atoms with Gasteiger partial charge in [0.15, 0.2) is 0 Å². The van der Waals surface area contributed by atoms with Gasteiger partial charge in [-0.25, -0.2) is 4.72 Å². The van der Waals surface area contributed by atoms with E-state index in [1.807, 2.05) is 37.4 Å². The summed E-state index contributed by atoms with van der Waals surface area (Å²) in [5.74, 6) is 0. The Labute approximate surface area is 146 Å². The molecule has 3 aromatic rings. The zero-order chi connectivity index (χ0) is 17.3. The van der Waals surface area contributed by atoms with E-state index in [9.17, 15) is 8.42 Å². The Morgan fingerprint density at radius 2 is 1.92 bits per heavy atom. The molecule has 0 aliphatic carbocycles. The van der Waals surface area contributed by atoms with Crippen molar-refractivity contribution in [2.75, 3.05) is 0 Å². The third-order valence-electron chi connectivity index (χ3n) is 4.15. The Balaban J connectivity index is 1.81. The summed E-state index contributed by atoms with van der Waals surface area (Å²) in [5.41, 5.74) is 2.77. The molecule has 0 saturated carbocycles. The minimum absolute atomic E-state index is 0.118. The molecule has 1 heterocycles. The first-order valence-electron chi connectivity index (χ1n) is 7.78. The normalized spacial score (nSPS) is 13.3. The maximum absolute atomic E-state index is 12.7. The molecule has 0 bridgehead atoms. The maximum atomic E-state index is 12.7. The van der Waals surface area contributed by atoms with E-state index in [0.29, 0.717) is 17.0 Å². The molecule has 3 rings (SSSR count). The van der Waals surface area contributed by atoms with E-state index in [2.05, 4.69) is 4.98 Å². The Bertz CT molecular complexity index is 980. The molecule has 1 atom stereocenters. The van der Waals surface area contributed by atoms with Crippen molar-refractivity contribution in [2.45, 2.75) is 31.2 Å². The van der Waals surface area contributed by atoms with Crippen LogP contribution >= 0.6 is 11.6 Å². The van der Waals surface area contributed by atoms with Crippen molar-refractivity contribution in [3.05, 3.63) is 64.8 Å². The second-order valence-electron chi connectivity index (χ2n) is 6.08. The summed E-state index contributed by atoms with van der Waals surface area (Å²) in [4.78, 5) is 3.50. The minimum Gasteiger partial charge on any atom is -0.361 e. The largest absolute Gasteiger partial charge is 0.361 e. The number of nitrogens with two attached hydrogens (primary N) is 1. The van der Waals surface area contributed by atoms with Gasteiger partial charge in [-0.05, 0) is 43.2 Å². The number of benzene rings is 2. The van der Waals surface area contributed by atoms with E-state index in [-0.39, 0.29) is 10.9 Å². The fourth-order valence-electron chi connectivity index (χ4n) is 2.97. The van der Waals surface area contributed by atoms with Crippen LogP contribution in [0.5, 0.6) is 0 Å². The molecule has 1 aromatic heterocycles. The van der Waals surface area contributed by atoms with Gasteiger partial charge >= 0.3 is 10.0 Å². The fourth-order valence-corrected chi connectivity index (χ4v) is 4.86. The summed E-state index contributed by atoms with van der Waals surface area (Å²) in [6.07, 6.45) is 2.61. The Morgan fingerprint density at radius 1 is 1.17 bits per heavy atom. The summed E-state index contributed by atoms with van der Waals surface area (Å²) in [5, 5.41) is 1.60. The number of sulfonamides is 1. The monoisotopic (exact) mass is 363 g/mol. The standard InChI is InChI=1S/C18H19ClN2O2S/c1-12(10-14-11-20-17-8-4-3-6-15(14)17)21-24(22,23)18-9-5-7-16(19)13(18)2/h3-9,11-12,20-21H,10H2,1-2H3/p+1. The number of fused-ring (bicyclic) bond motifs is 1. The number of hydrogen-bond donors (Lipinski definition) is 2. The van der Waals surface area contributed by atoms with Crippen molar-refractivity contribution in [3.63, 3.8) is 0 Å². The molecule has 3 N–H and O–H groups in total. The predicted molar refractivity (Wildman–Crippen MR) is 96.8 cm³/mol. The molecule has 0 amide bonds. The Morgan fingerprint density at radius 3 is 2.71 bits per heavy atom. The number of aromatic amines is 1. The molecule has 0 spiro atoms. The number of hydrogen-bond acceptors (Lipinski definition) is 2. The molecular weight excluding hydrogens is 344 g/mol. The second-order valence-corrected chi connectivity index (χ2v) is 8.29. The van der Waals surface area contributed by atoms with Crippen LogP contribution in [-0.4, -0.2) is 19.4 Å². The predicted octanol–water partition coefficient (Wildman–Crippen LogP) is 3.01. The summed E-state index contributed by atoms with van der Waals surface area (Å²) < 4.78 is 26.8. The summed E-state index contributed by atoms with van der Waals surface area (Å²) >= 11 is 6.05. The van der Waals surface area contributed by atoms with Gasteiger partial charge in [0.2, 0.25) is 0 Å².